The second-order valence-corrected chi connectivity index (χ2v) is 19.5. The Bertz CT molecular complexity index is 1460. The first-order chi connectivity index (χ1) is 24.3. The highest BCUT2D eigenvalue weighted by molar-refractivity contribution is 7.92. The maximum Gasteiger partial charge on any atom is 0.404 e. The van der Waals surface area contributed by atoms with Crippen LogP contribution in [0.5, 0.6) is 0 Å². The Kier molecular flexibility index (Phi) is 13.3. The number of nitrogens with one attached hydrogen (secondary N) is 4. The van der Waals surface area contributed by atoms with E-state index >= 15 is 0 Å². The van der Waals surface area contributed by atoms with Gasteiger partial charge in [-0.25, -0.2) is 18.0 Å². The van der Waals surface area contributed by atoms with Crippen molar-refractivity contribution in [1.29, 1.82) is 0 Å². The number of hydrogen-bond donors (Lipinski definition) is 5. The average Bonchev–Trinajstić information content (AvgIpc) is 3.77. The monoisotopic (exact) mass is 752 g/mol. The molecule has 52 heavy (non-hydrogen) atoms. The predicted octanol–water partition coefficient (Wildman–Crippen LogP) is 2.74. The van der Waals surface area contributed by atoms with E-state index < -0.39 is 85.4 Å². The Morgan fingerprint density at radius 2 is 1.52 bits per heavy atom. The van der Waals surface area contributed by atoms with Gasteiger partial charge < -0.3 is 36.6 Å². The standard InChI is InChI=1S/C36H60N6O9S/c1-6-13-25(27(43)30(45)38-23-14-15-23)39-29(44)26-20-24(51-32(37)47)21-42(26)31(46)28(35(5)16-9-7-10-17-35)40-33(48)41-36(18-11-8-12-19-36)22-52(49,50)34(2,3)4/h23-26,28H,6-22H2,1-5H3,(H2,37,47)(H,38,45)(H,39,44)(H2,40,41,48)/t24-,25?,26+,28-/m1/s1. The molecule has 0 aromatic rings. The molecule has 0 aromatic carbocycles. The number of carbonyl (C=O) groups is 6. The summed E-state index contributed by atoms with van der Waals surface area (Å²) in [6.45, 7) is 8.47. The third-order valence-corrected chi connectivity index (χ3v) is 14.1. The lowest BCUT2D eigenvalue weighted by atomic mass is 9.70. The topological polar surface area (TPSA) is 223 Å². The maximum absolute atomic E-state index is 14.8. The summed E-state index contributed by atoms with van der Waals surface area (Å²) in [5.74, 6) is -3.05. The lowest BCUT2D eigenvalue weighted by Crippen LogP contribution is -2.64. The Balaban J connectivity index is 1.61. The Hall–Kier alpha value is -3.43. The lowest BCUT2D eigenvalue weighted by Gasteiger charge is -2.44. The summed E-state index contributed by atoms with van der Waals surface area (Å²) in [4.78, 5) is 81.5. The molecular formula is C36H60N6O9S. The normalized spacial score (nSPS) is 24.1. The van der Waals surface area contributed by atoms with Crippen LogP contribution in [0.25, 0.3) is 0 Å². The zero-order valence-corrected chi connectivity index (χ0v) is 32.3. The van der Waals surface area contributed by atoms with Crippen LogP contribution in [-0.4, -0.2) is 102 Å². The van der Waals surface area contributed by atoms with E-state index in [4.69, 9.17) is 10.5 Å². The first kappa shape index (κ1) is 41.3. The highest BCUT2D eigenvalue weighted by Gasteiger charge is 2.50. The number of primary amides is 1. The number of ether oxygens (including phenoxy) is 1. The van der Waals surface area contributed by atoms with Gasteiger partial charge in [-0.15, -0.1) is 0 Å². The number of amides is 6. The van der Waals surface area contributed by atoms with Crippen LogP contribution in [-0.2, 0) is 33.8 Å². The van der Waals surface area contributed by atoms with E-state index in [0.717, 1.165) is 51.4 Å². The summed E-state index contributed by atoms with van der Waals surface area (Å²) in [7, 11) is -3.62. The van der Waals surface area contributed by atoms with Crippen LogP contribution in [0.3, 0.4) is 0 Å². The van der Waals surface area contributed by atoms with Gasteiger partial charge in [-0.05, 0) is 71.1 Å². The number of hydrogen-bond acceptors (Lipinski definition) is 9. The van der Waals surface area contributed by atoms with Gasteiger partial charge in [-0.2, -0.15) is 0 Å². The van der Waals surface area contributed by atoms with Crippen molar-refractivity contribution < 1.29 is 41.9 Å². The van der Waals surface area contributed by atoms with Crippen molar-refractivity contribution in [1.82, 2.24) is 26.2 Å². The van der Waals surface area contributed by atoms with Crippen molar-refractivity contribution in [2.45, 2.75) is 171 Å². The molecule has 1 heterocycles. The van der Waals surface area contributed by atoms with Crippen molar-refractivity contribution in [3.8, 4) is 0 Å². The second kappa shape index (κ2) is 16.7. The smallest absolute Gasteiger partial charge is 0.404 e. The van der Waals surface area contributed by atoms with Crippen molar-refractivity contribution in [2.75, 3.05) is 12.3 Å². The van der Waals surface area contributed by atoms with E-state index in [-0.39, 0.29) is 31.2 Å². The molecule has 16 heteroatoms. The fraction of sp³-hybridized carbons (Fsp3) is 0.833. The van der Waals surface area contributed by atoms with Gasteiger partial charge in [0, 0.05) is 12.5 Å². The van der Waals surface area contributed by atoms with E-state index in [1.807, 2.05) is 13.8 Å². The summed E-state index contributed by atoms with van der Waals surface area (Å²) in [6, 6.07) is -4.17. The largest absolute Gasteiger partial charge is 0.444 e. The van der Waals surface area contributed by atoms with E-state index in [2.05, 4.69) is 21.3 Å². The number of sulfone groups is 1. The first-order valence-corrected chi connectivity index (χ1v) is 20.7. The highest BCUT2D eigenvalue weighted by atomic mass is 32.2. The quantitative estimate of drug-likeness (QED) is 0.164. The minimum absolute atomic E-state index is 0.0530. The molecule has 0 bridgehead atoms. The van der Waals surface area contributed by atoms with Crippen LogP contribution >= 0.6 is 0 Å². The van der Waals surface area contributed by atoms with Crippen LogP contribution in [0.2, 0.25) is 0 Å². The van der Waals surface area contributed by atoms with Gasteiger partial charge in [0.25, 0.3) is 5.91 Å². The second-order valence-electron chi connectivity index (χ2n) is 16.7. The number of nitrogens with zero attached hydrogens (tertiary/aromatic N) is 1. The molecule has 0 spiro atoms. The summed E-state index contributed by atoms with van der Waals surface area (Å²) >= 11 is 0. The molecule has 4 aliphatic rings. The summed E-state index contributed by atoms with van der Waals surface area (Å²) in [5, 5.41) is 11.3. The number of likely N-dealkylation sites (tertiary alicyclic amines) is 1. The zero-order chi connectivity index (χ0) is 38.5. The van der Waals surface area contributed by atoms with Crippen LogP contribution in [0, 0.1) is 5.41 Å². The van der Waals surface area contributed by atoms with Crippen molar-refractivity contribution in [3.05, 3.63) is 0 Å². The number of nitrogens with two attached hydrogens (primary N) is 1. The highest BCUT2D eigenvalue weighted by Crippen LogP contribution is 2.41. The van der Waals surface area contributed by atoms with Gasteiger partial charge in [0.05, 0.1) is 28.6 Å². The third-order valence-electron chi connectivity index (χ3n) is 11.3. The molecule has 0 aromatic heterocycles. The van der Waals surface area contributed by atoms with Crippen LogP contribution in [0.4, 0.5) is 9.59 Å². The molecule has 3 saturated carbocycles. The molecule has 3 aliphatic carbocycles. The number of rotatable bonds is 14. The number of ketones is 1. The molecule has 4 atom stereocenters. The van der Waals surface area contributed by atoms with Crippen LogP contribution < -0.4 is 27.0 Å². The molecule has 6 amide bonds. The lowest BCUT2D eigenvalue weighted by molar-refractivity contribution is -0.144. The number of urea groups is 1. The molecule has 6 N–H and O–H groups in total. The maximum atomic E-state index is 14.8. The SMILES string of the molecule is CCCC(NC(=O)[C@@H]1C[C@@H](OC(N)=O)CN1C(=O)[C@@H](NC(=O)NC1(CS(=O)(=O)C(C)(C)C)CCCCC1)C1(C)CCCCC1)C(=O)C(=O)NC1CC1. The van der Waals surface area contributed by atoms with Gasteiger partial charge in [0.2, 0.25) is 17.6 Å². The number of Topliss-reactive ketones (excluding diaryl/α,β-unsaturated/α-hetero) is 1. The molecular weight excluding hydrogens is 692 g/mol. The zero-order valence-electron chi connectivity index (χ0n) is 31.5. The van der Waals surface area contributed by atoms with Gasteiger partial charge in [-0.1, -0.05) is 58.8 Å². The molecule has 1 saturated heterocycles. The van der Waals surface area contributed by atoms with E-state index in [1.54, 1.807) is 20.8 Å². The van der Waals surface area contributed by atoms with Gasteiger partial charge >= 0.3 is 12.1 Å². The summed E-state index contributed by atoms with van der Waals surface area (Å²) in [6.07, 6.45) is 7.32. The van der Waals surface area contributed by atoms with Crippen molar-refractivity contribution in [3.63, 3.8) is 0 Å². The third kappa shape index (κ3) is 10.4. The molecule has 15 nitrogen and oxygen atoms in total. The van der Waals surface area contributed by atoms with E-state index in [0.29, 0.717) is 32.1 Å². The molecule has 294 valence electrons. The Labute approximate surface area is 307 Å². The van der Waals surface area contributed by atoms with Crippen molar-refractivity contribution >= 4 is 45.5 Å². The fourth-order valence-corrected chi connectivity index (χ4v) is 9.40. The first-order valence-electron chi connectivity index (χ1n) is 19.0. The summed E-state index contributed by atoms with van der Waals surface area (Å²) < 4.78 is 31.0. The van der Waals surface area contributed by atoms with Gasteiger partial charge in [-0.3, -0.25) is 19.2 Å². The number of carbonyl (C=O) groups excluding carboxylic acids is 6. The molecule has 1 unspecified atom stereocenters. The van der Waals surface area contributed by atoms with E-state index in [9.17, 15) is 37.2 Å². The minimum atomic E-state index is -3.62. The predicted molar refractivity (Wildman–Crippen MR) is 194 cm³/mol. The van der Waals surface area contributed by atoms with Gasteiger partial charge in [0.15, 0.2) is 9.84 Å². The Morgan fingerprint density at radius 3 is 2.06 bits per heavy atom. The summed E-state index contributed by atoms with van der Waals surface area (Å²) in [5.41, 5.74) is 3.60. The molecule has 0 radical (unpaired) electrons. The molecule has 4 fully saturated rings. The average molecular weight is 753 g/mol. The minimum Gasteiger partial charge on any atom is -0.444 e. The molecule has 1 aliphatic heterocycles. The molecule has 4 rings (SSSR count). The fourth-order valence-electron chi connectivity index (χ4n) is 7.88. The van der Waals surface area contributed by atoms with Gasteiger partial charge in [0.1, 0.15) is 18.2 Å². The van der Waals surface area contributed by atoms with Crippen LogP contribution in [0.1, 0.15) is 131 Å². The van der Waals surface area contributed by atoms with Crippen molar-refractivity contribution in [2.24, 2.45) is 11.1 Å². The van der Waals surface area contributed by atoms with E-state index in [1.165, 1.54) is 4.90 Å². The van der Waals surface area contributed by atoms with Crippen LogP contribution in [0.15, 0.2) is 0 Å². The Morgan fingerprint density at radius 1 is 0.923 bits per heavy atom.